The van der Waals surface area contributed by atoms with Crippen LogP contribution >= 0.6 is 11.3 Å². The van der Waals surface area contributed by atoms with Crippen molar-refractivity contribution in [2.45, 2.75) is 31.6 Å². The van der Waals surface area contributed by atoms with E-state index in [0.29, 0.717) is 0 Å². The van der Waals surface area contributed by atoms with Crippen LogP contribution in [0.3, 0.4) is 0 Å². The summed E-state index contributed by atoms with van der Waals surface area (Å²) >= 11 is 1.13. The van der Waals surface area contributed by atoms with Gasteiger partial charge in [-0.05, 0) is 25.7 Å². The van der Waals surface area contributed by atoms with E-state index in [1.54, 1.807) is 0 Å². The molecular formula is C9H12F2N2S. The zero-order chi connectivity index (χ0) is 10.2. The fraction of sp³-hybridized carbons (Fsp3) is 0.667. The van der Waals surface area contributed by atoms with Crippen LogP contribution in [0.4, 0.5) is 8.78 Å². The third-order valence-corrected chi connectivity index (χ3v) is 3.68. The number of fused-ring (bicyclic) bond motifs is 1. The Bertz CT molecular complexity index is 312. The number of hydrogen-bond donors (Lipinski definition) is 1. The molecule has 1 aliphatic rings. The van der Waals surface area contributed by atoms with Crippen molar-refractivity contribution in [3.8, 4) is 0 Å². The molecule has 1 aromatic heterocycles. The smallest absolute Gasteiger partial charge is 0.310 e. The van der Waals surface area contributed by atoms with Crippen LogP contribution in [0.1, 0.15) is 28.4 Å². The van der Waals surface area contributed by atoms with E-state index in [0.717, 1.165) is 47.6 Å². The summed E-state index contributed by atoms with van der Waals surface area (Å²) in [5, 5.41) is -0.105. The molecule has 2 nitrogen and oxygen atoms in total. The second kappa shape index (κ2) is 3.55. The molecule has 0 amide bonds. The summed E-state index contributed by atoms with van der Waals surface area (Å²) in [6, 6.07) is 0. The first-order valence-corrected chi connectivity index (χ1v) is 5.52. The van der Waals surface area contributed by atoms with Gasteiger partial charge in [0.2, 0.25) is 0 Å². The average molecular weight is 218 g/mol. The van der Waals surface area contributed by atoms with Gasteiger partial charge in [0, 0.05) is 4.88 Å². The van der Waals surface area contributed by atoms with Crippen LogP contribution in [-0.4, -0.2) is 11.5 Å². The second-order valence-electron chi connectivity index (χ2n) is 3.50. The maximum atomic E-state index is 13.2. The van der Waals surface area contributed by atoms with Crippen molar-refractivity contribution in [3.63, 3.8) is 0 Å². The molecule has 0 saturated carbocycles. The van der Waals surface area contributed by atoms with Gasteiger partial charge in [-0.15, -0.1) is 11.3 Å². The van der Waals surface area contributed by atoms with Gasteiger partial charge in [0.1, 0.15) is 0 Å². The summed E-state index contributed by atoms with van der Waals surface area (Å²) in [7, 11) is 0. The number of hydrogen-bond acceptors (Lipinski definition) is 3. The Balaban J connectivity index is 2.32. The van der Waals surface area contributed by atoms with Crippen LogP contribution in [0.15, 0.2) is 0 Å². The zero-order valence-electron chi connectivity index (χ0n) is 7.72. The van der Waals surface area contributed by atoms with Gasteiger partial charge in [0.05, 0.1) is 12.2 Å². The Hall–Kier alpha value is -0.550. The number of thiazole rings is 1. The molecule has 0 spiro atoms. The van der Waals surface area contributed by atoms with Gasteiger partial charge in [-0.1, -0.05) is 0 Å². The molecule has 0 unspecified atom stereocenters. The SMILES string of the molecule is NCC(F)(F)c1nc2c(s1)CCCC2. The molecule has 1 aliphatic carbocycles. The molecule has 78 valence electrons. The predicted molar refractivity (Wildman–Crippen MR) is 51.7 cm³/mol. The van der Waals surface area contributed by atoms with Gasteiger partial charge in [0.25, 0.3) is 0 Å². The van der Waals surface area contributed by atoms with Gasteiger partial charge in [-0.3, -0.25) is 0 Å². The number of nitrogens with zero attached hydrogens (tertiary/aromatic N) is 1. The second-order valence-corrected chi connectivity index (χ2v) is 4.59. The van der Waals surface area contributed by atoms with Crippen molar-refractivity contribution in [1.82, 2.24) is 4.98 Å². The Kier molecular flexibility index (Phi) is 2.53. The quantitative estimate of drug-likeness (QED) is 0.825. The summed E-state index contributed by atoms with van der Waals surface area (Å²) in [4.78, 5) is 5.01. The topological polar surface area (TPSA) is 38.9 Å². The fourth-order valence-corrected chi connectivity index (χ4v) is 2.73. The molecule has 1 aromatic rings. The summed E-state index contributed by atoms with van der Waals surface area (Å²) in [5.41, 5.74) is 5.88. The maximum Gasteiger partial charge on any atom is 0.310 e. The van der Waals surface area contributed by atoms with Crippen molar-refractivity contribution in [3.05, 3.63) is 15.6 Å². The highest BCUT2D eigenvalue weighted by atomic mass is 32.1. The first kappa shape index (κ1) is 9.98. The van der Waals surface area contributed by atoms with Crippen LogP contribution in [-0.2, 0) is 18.8 Å². The molecule has 0 saturated heterocycles. The molecule has 0 bridgehead atoms. The first-order valence-electron chi connectivity index (χ1n) is 4.70. The van der Waals surface area contributed by atoms with Crippen molar-refractivity contribution in [2.75, 3.05) is 6.54 Å². The van der Waals surface area contributed by atoms with Gasteiger partial charge in [0.15, 0.2) is 5.01 Å². The van der Waals surface area contributed by atoms with Crippen LogP contribution in [0.5, 0.6) is 0 Å². The molecule has 2 N–H and O–H groups in total. The summed E-state index contributed by atoms with van der Waals surface area (Å²) < 4.78 is 26.4. The average Bonchev–Trinajstić information content (AvgIpc) is 2.61. The van der Waals surface area contributed by atoms with E-state index in [9.17, 15) is 8.78 Å². The van der Waals surface area contributed by atoms with Crippen molar-refractivity contribution in [1.29, 1.82) is 0 Å². The van der Waals surface area contributed by atoms with E-state index < -0.39 is 12.5 Å². The number of aryl methyl sites for hydroxylation is 2. The highest BCUT2D eigenvalue weighted by molar-refractivity contribution is 7.11. The molecular weight excluding hydrogens is 206 g/mol. The van der Waals surface area contributed by atoms with Crippen molar-refractivity contribution in [2.24, 2.45) is 5.73 Å². The van der Waals surface area contributed by atoms with Crippen LogP contribution in [0, 0.1) is 0 Å². The summed E-state index contributed by atoms with van der Waals surface area (Å²) in [5.74, 6) is -2.94. The summed E-state index contributed by atoms with van der Waals surface area (Å²) in [6.07, 6.45) is 3.88. The van der Waals surface area contributed by atoms with E-state index >= 15 is 0 Å². The number of alkyl halides is 2. The zero-order valence-corrected chi connectivity index (χ0v) is 8.54. The number of nitrogens with two attached hydrogens (primary N) is 1. The highest BCUT2D eigenvalue weighted by Gasteiger charge is 2.34. The highest BCUT2D eigenvalue weighted by Crippen LogP contribution is 2.35. The Morgan fingerprint density at radius 3 is 2.71 bits per heavy atom. The van der Waals surface area contributed by atoms with Crippen LogP contribution in [0.25, 0.3) is 0 Å². The maximum absolute atomic E-state index is 13.2. The predicted octanol–water partition coefficient (Wildman–Crippen LogP) is 2.07. The van der Waals surface area contributed by atoms with E-state index in [4.69, 9.17) is 5.73 Å². The summed E-state index contributed by atoms with van der Waals surface area (Å²) in [6.45, 7) is -0.653. The number of aromatic nitrogens is 1. The fourth-order valence-electron chi connectivity index (χ4n) is 1.60. The van der Waals surface area contributed by atoms with Crippen LogP contribution < -0.4 is 5.73 Å². The van der Waals surface area contributed by atoms with Gasteiger partial charge in [-0.2, -0.15) is 8.78 Å². The molecule has 0 aromatic carbocycles. The number of halogens is 2. The van der Waals surface area contributed by atoms with Crippen molar-refractivity contribution < 1.29 is 8.78 Å². The molecule has 0 aliphatic heterocycles. The minimum absolute atomic E-state index is 0.105. The van der Waals surface area contributed by atoms with E-state index in [1.165, 1.54) is 0 Å². The third-order valence-electron chi connectivity index (χ3n) is 2.41. The lowest BCUT2D eigenvalue weighted by molar-refractivity contribution is 0.00559. The monoisotopic (exact) mass is 218 g/mol. The van der Waals surface area contributed by atoms with Gasteiger partial charge in [-0.25, -0.2) is 4.98 Å². The van der Waals surface area contributed by atoms with E-state index in [1.807, 2.05) is 0 Å². The lowest BCUT2D eigenvalue weighted by Gasteiger charge is -2.08. The Morgan fingerprint density at radius 1 is 1.36 bits per heavy atom. The normalized spacial score (nSPS) is 16.8. The molecule has 0 atom stereocenters. The van der Waals surface area contributed by atoms with Crippen LogP contribution in [0.2, 0.25) is 0 Å². The standard InChI is InChI=1S/C9H12F2N2S/c10-9(11,5-12)8-13-6-3-1-2-4-7(6)14-8/h1-5,12H2. The third kappa shape index (κ3) is 1.66. The number of rotatable bonds is 2. The van der Waals surface area contributed by atoms with Gasteiger partial charge < -0.3 is 5.73 Å². The molecule has 0 fully saturated rings. The van der Waals surface area contributed by atoms with Gasteiger partial charge >= 0.3 is 5.92 Å². The first-order chi connectivity index (χ1) is 6.63. The molecule has 5 heteroatoms. The van der Waals surface area contributed by atoms with E-state index in [-0.39, 0.29) is 5.01 Å². The lowest BCUT2D eigenvalue weighted by Crippen LogP contribution is -2.24. The minimum Gasteiger partial charge on any atom is -0.325 e. The molecule has 14 heavy (non-hydrogen) atoms. The molecule has 1 heterocycles. The largest absolute Gasteiger partial charge is 0.325 e. The Morgan fingerprint density at radius 2 is 2.07 bits per heavy atom. The lowest BCUT2D eigenvalue weighted by atomic mass is 10.0. The molecule has 2 rings (SSSR count). The van der Waals surface area contributed by atoms with E-state index in [2.05, 4.69) is 4.98 Å². The minimum atomic E-state index is -2.94. The van der Waals surface area contributed by atoms with Crippen molar-refractivity contribution >= 4 is 11.3 Å². The Labute approximate surface area is 85.1 Å². The molecule has 0 radical (unpaired) electrons.